The van der Waals surface area contributed by atoms with Crippen molar-refractivity contribution in [2.75, 3.05) is 31.6 Å². The fourth-order valence-electron chi connectivity index (χ4n) is 2.27. The summed E-state index contributed by atoms with van der Waals surface area (Å²) in [4.78, 5) is 11.9. The maximum atomic E-state index is 11.9. The second kappa shape index (κ2) is 6.72. The van der Waals surface area contributed by atoms with E-state index >= 15 is 0 Å². The van der Waals surface area contributed by atoms with E-state index in [1.165, 1.54) is 0 Å². The zero-order valence-electron chi connectivity index (χ0n) is 12.2. The Kier molecular flexibility index (Phi) is 4.98. The van der Waals surface area contributed by atoms with Crippen molar-refractivity contribution in [3.63, 3.8) is 0 Å². The highest BCUT2D eigenvalue weighted by molar-refractivity contribution is 5.92. The highest BCUT2D eigenvalue weighted by Crippen LogP contribution is 2.16. The van der Waals surface area contributed by atoms with Crippen molar-refractivity contribution in [1.29, 1.82) is 0 Å². The summed E-state index contributed by atoms with van der Waals surface area (Å²) >= 11 is 0. The molecule has 0 radical (unpaired) electrons. The number of ether oxygens (including phenoxy) is 1. The molecule has 1 saturated heterocycles. The van der Waals surface area contributed by atoms with Gasteiger partial charge >= 0.3 is 0 Å². The van der Waals surface area contributed by atoms with Gasteiger partial charge in [0.1, 0.15) is 5.75 Å². The van der Waals surface area contributed by atoms with E-state index < -0.39 is 0 Å². The SMILES string of the molecule is CCOc1ccc(NC(=O)CNC2(C)CCNC2)cc1. The summed E-state index contributed by atoms with van der Waals surface area (Å²) in [6.45, 7) is 6.96. The topological polar surface area (TPSA) is 62.4 Å². The molecule has 5 nitrogen and oxygen atoms in total. The van der Waals surface area contributed by atoms with Gasteiger partial charge in [-0.15, -0.1) is 0 Å². The number of hydrogen-bond donors (Lipinski definition) is 3. The van der Waals surface area contributed by atoms with E-state index in [0.717, 1.165) is 30.9 Å². The lowest BCUT2D eigenvalue weighted by atomic mass is 10.0. The van der Waals surface area contributed by atoms with Crippen molar-refractivity contribution in [3.8, 4) is 5.75 Å². The molecule has 5 heteroatoms. The maximum Gasteiger partial charge on any atom is 0.238 e. The molecule has 1 atom stereocenters. The van der Waals surface area contributed by atoms with Crippen LogP contribution in [0.3, 0.4) is 0 Å². The third-order valence-electron chi connectivity index (χ3n) is 3.49. The van der Waals surface area contributed by atoms with Crippen LogP contribution in [0.2, 0.25) is 0 Å². The van der Waals surface area contributed by atoms with E-state index in [-0.39, 0.29) is 11.4 Å². The fourth-order valence-corrected chi connectivity index (χ4v) is 2.27. The number of nitrogens with one attached hydrogen (secondary N) is 3. The average Bonchev–Trinajstić information content (AvgIpc) is 2.87. The van der Waals surface area contributed by atoms with Gasteiger partial charge in [0.15, 0.2) is 0 Å². The molecule has 1 aliphatic heterocycles. The predicted octanol–water partition coefficient (Wildman–Crippen LogP) is 1.37. The Morgan fingerprint density at radius 1 is 1.40 bits per heavy atom. The Bertz CT molecular complexity index is 439. The lowest BCUT2D eigenvalue weighted by Crippen LogP contribution is -2.47. The van der Waals surface area contributed by atoms with Crippen LogP contribution in [0.25, 0.3) is 0 Å². The lowest BCUT2D eigenvalue weighted by molar-refractivity contribution is -0.115. The molecular formula is C15H23N3O2. The summed E-state index contributed by atoms with van der Waals surface area (Å²) in [5, 5.41) is 9.48. The number of benzene rings is 1. The minimum Gasteiger partial charge on any atom is -0.494 e. The van der Waals surface area contributed by atoms with Gasteiger partial charge < -0.3 is 20.7 Å². The molecule has 1 aliphatic rings. The molecule has 110 valence electrons. The summed E-state index contributed by atoms with van der Waals surface area (Å²) in [6, 6.07) is 7.41. The van der Waals surface area contributed by atoms with Crippen LogP contribution < -0.4 is 20.7 Å². The van der Waals surface area contributed by atoms with Gasteiger partial charge in [-0.2, -0.15) is 0 Å². The molecule has 1 fully saturated rings. The first-order valence-electron chi connectivity index (χ1n) is 7.10. The second-order valence-corrected chi connectivity index (χ2v) is 5.35. The number of anilines is 1. The molecule has 20 heavy (non-hydrogen) atoms. The summed E-state index contributed by atoms with van der Waals surface area (Å²) in [6.07, 6.45) is 1.04. The van der Waals surface area contributed by atoms with Gasteiger partial charge in [-0.05, 0) is 51.1 Å². The number of carbonyl (C=O) groups excluding carboxylic acids is 1. The Morgan fingerprint density at radius 2 is 2.15 bits per heavy atom. The first-order valence-corrected chi connectivity index (χ1v) is 7.10. The van der Waals surface area contributed by atoms with E-state index in [0.29, 0.717) is 13.2 Å². The van der Waals surface area contributed by atoms with Crippen LogP contribution in [0.4, 0.5) is 5.69 Å². The summed E-state index contributed by atoms with van der Waals surface area (Å²) in [5.41, 5.74) is 0.811. The van der Waals surface area contributed by atoms with Gasteiger partial charge in [-0.3, -0.25) is 4.79 Å². The van der Waals surface area contributed by atoms with Crippen molar-refractivity contribution in [2.45, 2.75) is 25.8 Å². The Morgan fingerprint density at radius 3 is 2.75 bits per heavy atom. The lowest BCUT2D eigenvalue weighted by Gasteiger charge is -2.24. The minimum absolute atomic E-state index is 0.0240. The molecule has 3 N–H and O–H groups in total. The van der Waals surface area contributed by atoms with Gasteiger partial charge in [-0.1, -0.05) is 0 Å². The first kappa shape index (κ1) is 14.8. The average molecular weight is 277 g/mol. The highest BCUT2D eigenvalue weighted by Gasteiger charge is 2.28. The first-order chi connectivity index (χ1) is 9.61. The standard InChI is InChI=1S/C15H23N3O2/c1-3-20-13-6-4-12(5-7-13)18-14(19)10-17-15(2)8-9-16-11-15/h4-7,16-17H,3,8-11H2,1-2H3,(H,18,19). The Hall–Kier alpha value is -1.59. The quantitative estimate of drug-likeness (QED) is 0.735. The Labute approximate surface area is 120 Å². The molecule has 1 aromatic carbocycles. The van der Waals surface area contributed by atoms with Crippen molar-refractivity contribution >= 4 is 11.6 Å². The normalized spacial score (nSPS) is 21.7. The summed E-state index contributed by atoms with van der Waals surface area (Å²) in [5.74, 6) is 0.787. The molecule has 0 bridgehead atoms. The summed E-state index contributed by atoms with van der Waals surface area (Å²) < 4.78 is 5.36. The van der Waals surface area contributed by atoms with Gasteiger partial charge in [0.05, 0.1) is 13.2 Å². The van der Waals surface area contributed by atoms with Gasteiger partial charge in [-0.25, -0.2) is 0 Å². The van der Waals surface area contributed by atoms with Crippen molar-refractivity contribution in [1.82, 2.24) is 10.6 Å². The largest absolute Gasteiger partial charge is 0.494 e. The van der Waals surface area contributed by atoms with Gasteiger partial charge in [0.2, 0.25) is 5.91 Å². The summed E-state index contributed by atoms with van der Waals surface area (Å²) in [7, 11) is 0. The van der Waals surface area contributed by atoms with Crippen LogP contribution in [0.1, 0.15) is 20.3 Å². The van der Waals surface area contributed by atoms with E-state index in [4.69, 9.17) is 4.74 Å². The zero-order chi connectivity index (χ0) is 14.4. The molecule has 0 aliphatic carbocycles. The molecule has 1 unspecified atom stereocenters. The van der Waals surface area contributed by atoms with Gasteiger partial charge in [0, 0.05) is 17.8 Å². The van der Waals surface area contributed by atoms with Crippen LogP contribution in [0.15, 0.2) is 24.3 Å². The third kappa shape index (κ3) is 4.21. The molecule has 1 aromatic rings. The number of hydrogen-bond acceptors (Lipinski definition) is 4. The van der Waals surface area contributed by atoms with Gasteiger partial charge in [0.25, 0.3) is 0 Å². The smallest absolute Gasteiger partial charge is 0.238 e. The molecule has 0 spiro atoms. The fraction of sp³-hybridized carbons (Fsp3) is 0.533. The molecular weight excluding hydrogens is 254 g/mol. The number of carbonyl (C=O) groups is 1. The van der Waals surface area contributed by atoms with Crippen LogP contribution in [0.5, 0.6) is 5.75 Å². The maximum absolute atomic E-state index is 11.9. The van der Waals surface area contributed by atoms with E-state index in [9.17, 15) is 4.79 Å². The molecule has 1 amide bonds. The third-order valence-corrected chi connectivity index (χ3v) is 3.49. The molecule has 1 heterocycles. The van der Waals surface area contributed by atoms with E-state index in [1.54, 1.807) is 0 Å². The second-order valence-electron chi connectivity index (χ2n) is 5.35. The molecule has 0 saturated carbocycles. The van der Waals surface area contributed by atoms with Crippen molar-refractivity contribution in [3.05, 3.63) is 24.3 Å². The number of amides is 1. The predicted molar refractivity (Wildman–Crippen MR) is 80.1 cm³/mol. The van der Waals surface area contributed by atoms with Crippen LogP contribution in [0, 0.1) is 0 Å². The van der Waals surface area contributed by atoms with Crippen LogP contribution in [-0.4, -0.2) is 37.7 Å². The van der Waals surface area contributed by atoms with Crippen molar-refractivity contribution in [2.24, 2.45) is 0 Å². The zero-order valence-corrected chi connectivity index (χ0v) is 12.2. The number of rotatable bonds is 6. The van der Waals surface area contributed by atoms with E-state index in [2.05, 4.69) is 22.9 Å². The van der Waals surface area contributed by atoms with E-state index in [1.807, 2.05) is 31.2 Å². The molecule has 0 aromatic heterocycles. The Balaban J connectivity index is 1.79. The monoisotopic (exact) mass is 277 g/mol. The minimum atomic E-state index is -0.0257. The van der Waals surface area contributed by atoms with Crippen LogP contribution in [-0.2, 0) is 4.79 Å². The molecule has 2 rings (SSSR count). The van der Waals surface area contributed by atoms with Crippen molar-refractivity contribution < 1.29 is 9.53 Å². The van der Waals surface area contributed by atoms with Crippen LogP contribution >= 0.6 is 0 Å². The highest BCUT2D eigenvalue weighted by atomic mass is 16.5.